The van der Waals surface area contributed by atoms with E-state index in [4.69, 9.17) is 19.7 Å². The quantitative estimate of drug-likeness (QED) is 0.160. The Morgan fingerprint density at radius 1 is 0.852 bits per heavy atom. The number of hydrogen-bond donors (Lipinski definition) is 2. The van der Waals surface area contributed by atoms with E-state index in [9.17, 15) is 9.90 Å². The maximum atomic E-state index is 14.1. The largest absolute Gasteiger partial charge is 0.389 e. The van der Waals surface area contributed by atoms with Crippen molar-refractivity contribution in [2.45, 2.75) is 104 Å². The number of nitrogens with one attached hydrogen (secondary N) is 1. The highest BCUT2D eigenvalue weighted by Crippen LogP contribution is 2.55. The van der Waals surface area contributed by atoms with Crippen molar-refractivity contribution in [2.24, 2.45) is 26.2 Å². The Morgan fingerprint density at radius 3 is 1.91 bits per heavy atom. The van der Waals surface area contributed by atoms with Crippen LogP contribution in [-0.4, -0.2) is 95.4 Å². The smallest absolute Gasteiger partial charge is 0.196 e. The van der Waals surface area contributed by atoms with Crippen molar-refractivity contribution in [3.05, 3.63) is 72.3 Å². The molecule has 9 heteroatoms. The van der Waals surface area contributed by atoms with Gasteiger partial charge in [-0.15, -0.1) is 0 Å². The number of benzene rings is 2. The van der Waals surface area contributed by atoms with Crippen LogP contribution in [0.4, 0.5) is 0 Å². The normalized spacial score (nSPS) is 19.2. The highest BCUT2D eigenvalue weighted by Gasteiger charge is 2.59. The average Bonchev–Trinajstić information content (AvgIpc) is 3.77. The molecule has 2 N–H and O–H groups in total. The standard InChI is InChI=1S/C45H62N6O3/c1-42(2,3)35(27-38(52)44(20-11-21-44)45(53)22-24-54-25-23-45)40-47-29-37(48-40)33-18-16-31(17-19-33)30-12-14-32(15-13-30)34-26-36(46-28-34)39(43(4,5)6)49-41(50(7)8)51(9)10/h12-19,28-29,35,39,53H,11,20-27H2,1-10H3,(H,47,48)/t35-,39-/m1/s1. The van der Waals surface area contributed by atoms with Crippen LogP contribution >= 0.6 is 0 Å². The van der Waals surface area contributed by atoms with E-state index in [0.717, 1.165) is 65.6 Å². The van der Waals surface area contributed by atoms with Gasteiger partial charge in [0.2, 0.25) is 0 Å². The number of aliphatic imine (C=N–C) groups is 2. The van der Waals surface area contributed by atoms with E-state index in [0.29, 0.717) is 32.5 Å². The molecule has 2 aromatic carbocycles. The van der Waals surface area contributed by atoms with Gasteiger partial charge in [0.1, 0.15) is 11.6 Å². The summed E-state index contributed by atoms with van der Waals surface area (Å²) in [7, 11) is 8.12. The van der Waals surface area contributed by atoms with Gasteiger partial charge in [0.05, 0.1) is 28.9 Å². The number of Topliss-reactive ketones (excluding diaryl/α,β-unsaturated/α-hetero) is 1. The van der Waals surface area contributed by atoms with Gasteiger partial charge in [0, 0.05) is 84.9 Å². The molecule has 0 amide bonds. The number of imidazole rings is 1. The van der Waals surface area contributed by atoms with Crippen LogP contribution in [-0.2, 0) is 9.53 Å². The number of ether oxygens (including phenoxy) is 1. The number of rotatable bonds is 10. The maximum absolute atomic E-state index is 14.1. The zero-order valence-electron chi connectivity index (χ0n) is 34.3. The number of aromatic nitrogens is 2. The molecule has 3 aromatic rings. The zero-order chi connectivity index (χ0) is 39.1. The van der Waals surface area contributed by atoms with Crippen LogP contribution in [0.2, 0.25) is 0 Å². The molecule has 3 aliphatic rings. The Bertz CT molecular complexity index is 1870. The lowest BCUT2D eigenvalue weighted by molar-refractivity contribution is -0.185. The number of H-pyrrole nitrogens is 1. The van der Waals surface area contributed by atoms with Crippen molar-refractivity contribution in [1.82, 2.24) is 19.8 Å². The fourth-order valence-corrected chi connectivity index (χ4v) is 8.60. The van der Waals surface area contributed by atoms with Gasteiger partial charge in [0.15, 0.2) is 5.96 Å². The van der Waals surface area contributed by atoms with Crippen molar-refractivity contribution >= 4 is 23.0 Å². The zero-order valence-corrected chi connectivity index (χ0v) is 34.3. The first-order valence-electron chi connectivity index (χ1n) is 19.7. The first-order valence-corrected chi connectivity index (χ1v) is 19.7. The topological polar surface area (TPSA) is 106 Å². The number of carbonyl (C=O) groups excluding carboxylic acids is 1. The summed E-state index contributed by atoms with van der Waals surface area (Å²) in [5.41, 5.74) is 5.83. The third-order valence-corrected chi connectivity index (χ3v) is 12.0. The third kappa shape index (κ3) is 7.99. The van der Waals surface area contributed by atoms with Crippen molar-refractivity contribution in [3.8, 4) is 22.4 Å². The second-order valence-corrected chi connectivity index (χ2v) is 18.4. The summed E-state index contributed by atoms with van der Waals surface area (Å²) in [5.74, 6) is 1.82. The number of nitrogens with zero attached hydrogens (tertiary/aromatic N) is 5. The molecule has 290 valence electrons. The Balaban J connectivity index is 1.13. The molecule has 0 bridgehead atoms. The summed E-state index contributed by atoms with van der Waals surface area (Å²) in [6.45, 7) is 14.2. The highest BCUT2D eigenvalue weighted by molar-refractivity contribution is 6.03. The van der Waals surface area contributed by atoms with Gasteiger partial charge in [-0.2, -0.15) is 0 Å². The van der Waals surface area contributed by atoms with Crippen LogP contribution < -0.4 is 0 Å². The number of aromatic amines is 1. The van der Waals surface area contributed by atoms with Gasteiger partial charge in [-0.1, -0.05) is 96.5 Å². The van der Waals surface area contributed by atoms with E-state index in [1.165, 1.54) is 11.1 Å². The molecule has 54 heavy (non-hydrogen) atoms. The number of guanidine groups is 1. The number of carbonyl (C=O) groups is 1. The molecular formula is C45H62N6O3. The lowest BCUT2D eigenvalue weighted by Gasteiger charge is -2.54. The second-order valence-electron chi connectivity index (χ2n) is 18.4. The predicted molar refractivity (Wildman–Crippen MR) is 221 cm³/mol. The molecule has 9 nitrogen and oxygen atoms in total. The van der Waals surface area contributed by atoms with Crippen molar-refractivity contribution in [1.29, 1.82) is 0 Å². The molecule has 0 radical (unpaired) electrons. The van der Waals surface area contributed by atoms with Gasteiger partial charge in [-0.05, 0) is 51.5 Å². The van der Waals surface area contributed by atoms with Gasteiger partial charge in [-0.25, -0.2) is 9.98 Å². The molecule has 3 heterocycles. The molecule has 1 aromatic heterocycles. The Hall–Kier alpha value is -4.08. The fraction of sp³-hybridized carbons (Fsp3) is 0.556. The molecule has 0 spiro atoms. The highest BCUT2D eigenvalue weighted by atomic mass is 16.5. The number of hydrogen-bond acceptors (Lipinski definition) is 6. The molecule has 2 atom stereocenters. The SMILES string of the molecule is CN(C)C(=N[C@H](C1=NC=C(c2ccc(-c3ccc(-c4cnc([C@@H](CC(=O)C5(C6(O)CCOCC6)CCC5)C(C)(C)C)[nH]4)cc3)cc2)C1)C(C)(C)C)N(C)C. The minimum absolute atomic E-state index is 0.0352. The first kappa shape index (κ1) is 39.6. The summed E-state index contributed by atoms with van der Waals surface area (Å²) >= 11 is 0. The van der Waals surface area contributed by atoms with Gasteiger partial charge >= 0.3 is 0 Å². The van der Waals surface area contributed by atoms with E-state index in [-0.39, 0.29) is 28.6 Å². The Kier molecular flexibility index (Phi) is 11.2. The van der Waals surface area contributed by atoms with Crippen LogP contribution in [0.25, 0.3) is 28.0 Å². The van der Waals surface area contributed by atoms with Crippen molar-refractivity contribution in [3.63, 3.8) is 0 Å². The lowest BCUT2D eigenvalue weighted by Crippen LogP contribution is -2.59. The van der Waals surface area contributed by atoms with Gasteiger partial charge < -0.3 is 24.6 Å². The maximum Gasteiger partial charge on any atom is 0.196 e. The fourth-order valence-electron chi connectivity index (χ4n) is 8.60. The minimum atomic E-state index is -0.974. The van der Waals surface area contributed by atoms with Crippen LogP contribution in [0.5, 0.6) is 0 Å². The van der Waals surface area contributed by atoms with Crippen LogP contribution in [0.15, 0.2) is 70.9 Å². The van der Waals surface area contributed by atoms with E-state index < -0.39 is 11.0 Å². The molecule has 2 aliphatic heterocycles. The molecular weight excluding hydrogens is 673 g/mol. The molecule has 6 rings (SSSR count). The monoisotopic (exact) mass is 734 g/mol. The first-order chi connectivity index (χ1) is 25.4. The summed E-state index contributed by atoms with van der Waals surface area (Å²) in [5, 5.41) is 11.7. The molecule has 0 unspecified atom stereocenters. The Labute approximate surface area is 323 Å². The number of allylic oxidation sites excluding steroid dienone is 1. The van der Waals surface area contributed by atoms with Crippen molar-refractivity contribution in [2.75, 3.05) is 41.4 Å². The van der Waals surface area contributed by atoms with Crippen LogP contribution in [0, 0.1) is 16.2 Å². The van der Waals surface area contributed by atoms with E-state index in [2.05, 4.69) is 105 Å². The Morgan fingerprint density at radius 2 is 1.41 bits per heavy atom. The van der Waals surface area contributed by atoms with Crippen LogP contribution in [0.3, 0.4) is 0 Å². The van der Waals surface area contributed by atoms with E-state index >= 15 is 0 Å². The summed E-state index contributed by atoms with van der Waals surface area (Å²) < 4.78 is 5.55. The number of ketones is 1. The molecule has 1 saturated carbocycles. The average molecular weight is 735 g/mol. The summed E-state index contributed by atoms with van der Waals surface area (Å²) in [6.07, 6.45) is 8.59. The van der Waals surface area contributed by atoms with E-state index in [1.807, 2.05) is 40.6 Å². The lowest BCUT2D eigenvalue weighted by atomic mass is 9.53. The molecule has 2 fully saturated rings. The van der Waals surface area contributed by atoms with Crippen LogP contribution in [0.1, 0.15) is 104 Å². The summed E-state index contributed by atoms with van der Waals surface area (Å²) in [4.78, 5) is 36.7. The third-order valence-electron chi connectivity index (χ3n) is 12.0. The summed E-state index contributed by atoms with van der Waals surface area (Å²) in [6, 6.07) is 17.3. The van der Waals surface area contributed by atoms with E-state index in [1.54, 1.807) is 0 Å². The molecule has 1 saturated heterocycles. The van der Waals surface area contributed by atoms with Crippen molar-refractivity contribution < 1.29 is 14.6 Å². The van der Waals surface area contributed by atoms with Gasteiger partial charge in [0.25, 0.3) is 0 Å². The second kappa shape index (κ2) is 15.2. The molecule has 1 aliphatic carbocycles. The minimum Gasteiger partial charge on any atom is -0.389 e. The predicted octanol–water partition coefficient (Wildman–Crippen LogP) is 8.62. The number of aliphatic hydroxyl groups is 1. The van der Waals surface area contributed by atoms with Gasteiger partial charge in [-0.3, -0.25) is 9.79 Å².